The molecule has 0 rings (SSSR count). The number of unbranched alkanes of at least 4 members (excludes halogenated alkanes) is 2. The fourth-order valence-corrected chi connectivity index (χ4v) is 0.798. The minimum Gasteiger partial charge on any atom is -0.100 e. The van der Waals surface area contributed by atoms with E-state index in [1.165, 1.54) is 36.8 Å². The summed E-state index contributed by atoms with van der Waals surface area (Å²) >= 11 is 0. The van der Waals surface area contributed by atoms with Gasteiger partial charge in [0, 0.05) is 0 Å². The number of allylic oxidation sites excluding steroid dienone is 3. The van der Waals surface area contributed by atoms with Gasteiger partial charge in [0.2, 0.25) is 0 Å². The van der Waals surface area contributed by atoms with E-state index in [9.17, 15) is 0 Å². The van der Waals surface area contributed by atoms with Crippen LogP contribution in [0.3, 0.4) is 0 Å². The lowest BCUT2D eigenvalue weighted by Gasteiger charge is -1.96. The molecule has 0 atom stereocenters. The Labute approximate surface area is 84.7 Å². The standard InChI is InChI=1S/C9H18.C4H8/c1-4-6-7-8-9(3)5-2;1-4(2)3/h5H,4,6-8H2,1-3H3;1H2,2-3H3/b9-5+;. The van der Waals surface area contributed by atoms with Crippen molar-refractivity contribution < 1.29 is 0 Å². The summed E-state index contributed by atoms with van der Waals surface area (Å²) in [5.74, 6) is 0. The van der Waals surface area contributed by atoms with Crippen molar-refractivity contribution in [1.82, 2.24) is 0 Å². The third kappa shape index (κ3) is 24.6. The molecule has 0 radical (unpaired) electrons. The molecule has 0 aliphatic rings. The average molecular weight is 182 g/mol. The molecular weight excluding hydrogens is 156 g/mol. The Morgan fingerprint density at radius 3 is 1.92 bits per heavy atom. The second-order valence-electron chi connectivity index (χ2n) is 3.80. The summed E-state index contributed by atoms with van der Waals surface area (Å²) in [7, 11) is 0. The molecule has 0 saturated heterocycles. The lowest BCUT2D eigenvalue weighted by Crippen LogP contribution is -1.76. The minimum atomic E-state index is 1.17. The molecule has 0 heteroatoms. The van der Waals surface area contributed by atoms with Crippen LogP contribution in [0.1, 0.15) is 60.3 Å². The molecule has 0 nitrogen and oxygen atoms in total. The Hall–Kier alpha value is -0.520. The third-order valence-corrected chi connectivity index (χ3v) is 1.67. The summed E-state index contributed by atoms with van der Waals surface area (Å²) < 4.78 is 0. The second-order valence-corrected chi connectivity index (χ2v) is 3.80. The zero-order valence-corrected chi connectivity index (χ0v) is 10.1. The first-order valence-corrected chi connectivity index (χ1v) is 5.28. The van der Waals surface area contributed by atoms with Gasteiger partial charge in [0.15, 0.2) is 0 Å². The van der Waals surface area contributed by atoms with Crippen LogP contribution in [0.5, 0.6) is 0 Å². The van der Waals surface area contributed by atoms with Gasteiger partial charge >= 0.3 is 0 Å². The lowest BCUT2D eigenvalue weighted by molar-refractivity contribution is 0.713. The van der Waals surface area contributed by atoms with Gasteiger partial charge in [-0.25, -0.2) is 0 Å². The number of rotatable bonds is 4. The molecular formula is C13H26. The van der Waals surface area contributed by atoms with Gasteiger partial charge in [-0.1, -0.05) is 37.0 Å². The highest BCUT2D eigenvalue weighted by Gasteiger charge is 1.86. The molecule has 0 aromatic heterocycles. The molecule has 0 amide bonds. The van der Waals surface area contributed by atoms with Gasteiger partial charge in [-0.15, -0.1) is 6.58 Å². The maximum absolute atomic E-state index is 3.56. The molecule has 0 unspecified atom stereocenters. The molecule has 78 valence electrons. The van der Waals surface area contributed by atoms with E-state index in [1.807, 2.05) is 13.8 Å². The molecule has 0 fully saturated rings. The summed E-state index contributed by atoms with van der Waals surface area (Å²) in [5.41, 5.74) is 2.70. The van der Waals surface area contributed by atoms with E-state index in [2.05, 4.69) is 33.4 Å². The highest BCUT2D eigenvalue weighted by molar-refractivity contribution is 4.94. The first-order valence-electron chi connectivity index (χ1n) is 5.28. The second kappa shape index (κ2) is 11.5. The monoisotopic (exact) mass is 182 g/mol. The van der Waals surface area contributed by atoms with Crippen LogP contribution >= 0.6 is 0 Å². The van der Waals surface area contributed by atoms with Crippen molar-refractivity contribution in [2.45, 2.75) is 60.3 Å². The zero-order valence-electron chi connectivity index (χ0n) is 10.1. The fourth-order valence-electron chi connectivity index (χ4n) is 0.798. The van der Waals surface area contributed by atoms with Crippen molar-refractivity contribution in [2.75, 3.05) is 0 Å². The van der Waals surface area contributed by atoms with Crippen LogP contribution in [-0.2, 0) is 0 Å². The van der Waals surface area contributed by atoms with Gasteiger partial charge in [0.05, 0.1) is 0 Å². The topological polar surface area (TPSA) is 0 Å². The van der Waals surface area contributed by atoms with Gasteiger partial charge in [0.25, 0.3) is 0 Å². The van der Waals surface area contributed by atoms with Crippen LogP contribution in [0, 0.1) is 0 Å². The Kier molecular flexibility index (Phi) is 13.2. The Morgan fingerprint density at radius 2 is 1.62 bits per heavy atom. The van der Waals surface area contributed by atoms with Crippen molar-refractivity contribution in [1.29, 1.82) is 0 Å². The molecule has 0 saturated carbocycles. The Bertz CT molecular complexity index is 136. The van der Waals surface area contributed by atoms with Crippen molar-refractivity contribution in [2.24, 2.45) is 0 Å². The molecule has 0 aromatic carbocycles. The molecule has 0 heterocycles. The number of hydrogen-bond donors (Lipinski definition) is 0. The molecule has 0 aromatic rings. The maximum atomic E-state index is 3.56. The molecule has 0 aliphatic heterocycles. The fraction of sp³-hybridized carbons (Fsp3) is 0.692. The average Bonchev–Trinajstić information content (AvgIpc) is 2.03. The van der Waals surface area contributed by atoms with E-state index in [-0.39, 0.29) is 0 Å². The minimum absolute atomic E-state index is 1.17. The van der Waals surface area contributed by atoms with E-state index in [1.54, 1.807) is 0 Å². The largest absolute Gasteiger partial charge is 0.100 e. The first kappa shape index (κ1) is 15.0. The maximum Gasteiger partial charge on any atom is -0.0323 e. The smallest absolute Gasteiger partial charge is 0.0323 e. The van der Waals surface area contributed by atoms with E-state index in [0.717, 1.165) is 0 Å². The predicted octanol–water partition coefficient (Wildman–Crippen LogP) is 5.12. The molecule has 0 bridgehead atoms. The Balaban J connectivity index is 0. The lowest BCUT2D eigenvalue weighted by atomic mass is 10.1. The molecule has 0 aliphatic carbocycles. The van der Waals surface area contributed by atoms with E-state index >= 15 is 0 Å². The summed E-state index contributed by atoms with van der Waals surface area (Å²) in [6.07, 6.45) is 7.58. The third-order valence-electron chi connectivity index (χ3n) is 1.67. The van der Waals surface area contributed by atoms with Crippen LogP contribution in [-0.4, -0.2) is 0 Å². The van der Waals surface area contributed by atoms with Gasteiger partial charge in [0.1, 0.15) is 0 Å². The van der Waals surface area contributed by atoms with Crippen LogP contribution in [0.25, 0.3) is 0 Å². The highest BCUT2D eigenvalue weighted by atomic mass is 13.9. The summed E-state index contributed by atoms with van der Waals surface area (Å²) in [6.45, 7) is 14.1. The van der Waals surface area contributed by atoms with Gasteiger partial charge in [-0.05, 0) is 40.5 Å². The first-order chi connectivity index (χ1) is 6.04. The van der Waals surface area contributed by atoms with Crippen molar-refractivity contribution in [3.8, 4) is 0 Å². The van der Waals surface area contributed by atoms with E-state index in [0.29, 0.717) is 0 Å². The molecule has 0 N–H and O–H groups in total. The van der Waals surface area contributed by atoms with Crippen molar-refractivity contribution in [3.05, 3.63) is 23.8 Å². The molecule has 13 heavy (non-hydrogen) atoms. The SMILES string of the molecule is C/C=C(\C)CCCCC.C=C(C)C. The predicted molar refractivity (Wildman–Crippen MR) is 64.1 cm³/mol. The van der Waals surface area contributed by atoms with Gasteiger partial charge < -0.3 is 0 Å². The zero-order chi connectivity index (χ0) is 10.7. The molecule has 0 spiro atoms. The summed E-state index contributed by atoms with van der Waals surface area (Å²) in [6, 6.07) is 0. The van der Waals surface area contributed by atoms with Crippen LogP contribution in [0.2, 0.25) is 0 Å². The quantitative estimate of drug-likeness (QED) is 0.418. The van der Waals surface area contributed by atoms with E-state index < -0.39 is 0 Å². The summed E-state index contributed by atoms with van der Waals surface area (Å²) in [5, 5.41) is 0. The summed E-state index contributed by atoms with van der Waals surface area (Å²) in [4.78, 5) is 0. The van der Waals surface area contributed by atoms with Gasteiger partial charge in [-0.3, -0.25) is 0 Å². The normalized spacial score (nSPS) is 10.4. The van der Waals surface area contributed by atoms with E-state index in [4.69, 9.17) is 0 Å². The van der Waals surface area contributed by atoms with Gasteiger partial charge in [-0.2, -0.15) is 0 Å². The van der Waals surface area contributed by atoms with Crippen LogP contribution in [0.4, 0.5) is 0 Å². The van der Waals surface area contributed by atoms with Crippen LogP contribution in [0.15, 0.2) is 23.8 Å². The highest BCUT2D eigenvalue weighted by Crippen LogP contribution is 2.06. The van der Waals surface area contributed by atoms with Crippen molar-refractivity contribution >= 4 is 0 Å². The van der Waals surface area contributed by atoms with Crippen molar-refractivity contribution in [3.63, 3.8) is 0 Å². The number of hydrogen-bond acceptors (Lipinski definition) is 0. The Morgan fingerprint density at radius 1 is 1.15 bits per heavy atom. The van der Waals surface area contributed by atoms with Crippen LogP contribution < -0.4 is 0 Å².